The average molecular weight is 328 g/mol. The normalized spacial score (nSPS) is 12.7. The number of nitrogens with one attached hydrogen (secondary N) is 1. The molecule has 6 nitrogen and oxygen atoms in total. The molecule has 0 heterocycles. The van der Waals surface area contributed by atoms with E-state index < -0.39 is 16.1 Å². The Hall–Kier alpha value is -1.60. The molecule has 1 aromatic carbocycles. The lowest BCUT2D eigenvalue weighted by atomic mass is 10.2. The predicted molar refractivity (Wildman–Crippen MR) is 87.3 cm³/mol. The van der Waals surface area contributed by atoms with Crippen molar-refractivity contribution in [2.45, 2.75) is 25.8 Å². The Kier molecular flexibility index (Phi) is 7.34. The average Bonchev–Trinajstić information content (AvgIpc) is 2.48. The molecular weight excluding hydrogens is 304 g/mol. The van der Waals surface area contributed by atoms with Gasteiger partial charge in [0.15, 0.2) is 0 Å². The van der Waals surface area contributed by atoms with Gasteiger partial charge in [-0.2, -0.15) is 0 Å². The molecule has 124 valence electrons. The topological polar surface area (TPSA) is 75.7 Å². The number of para-hydroxylation sites is 1. The fourth-order valence-corrected chi connectivity index (χ4v) is 3.39. The quantitative estimate of drug-likeness (QED) is 0.695. The molecule has 0 unspecified atom stereocenters. The number of rotatable bonds is 9. The minimum Gasteiger partial charge on any atom is -0.385 e. The van der Waals surface area contributed by atoms with Gasteiger partial charge >= 0.3 is 0 Å². The Morgan fingerprint density at radius 1 is 1.32 bits per heavy atom. The summed E-state index contributed by atoms with van der Waals surface area (Å²) in [6.45, 7) is 2.79. The summed E-state index contributed by atoms with van der Waals surface area (Å²) in [5.74, 6) is -0.298. The van der Waals surface area contributed by atoms with Gasteiger partial charge in [-0.3, -0.25) is 9.10 Å². The fraction of sp³-hybridized carbons (Fsp3) is 0.533. The maximum Gasteiger partial charge on any atom is 0.243 e. The van der Waals surface area contributed by atoms with E-state index in [0.29, 0.717) is 31.7 Å². The van der Waals surface area contributed by atoms with Crippen LogP contribution in [0.25, 0.3) is 0 Å². The maximum atomic E-state index is 12.3. The molecule has 1 rings (SSSR count). The number of amides is 1. The lowest BCUT2D eigenvalue weighted by Crippen LogP contribution is -2.49. The number of sulfonamides is 1. The summed E-state index contributed by atoms with van der Waals surface area (Å²) >= 11 is 0. The molecule has 0 saturated carbocycles. The molecule has 0 spiro atoms. The third-order valence-corrected chi connectivity index (χ3v) is 4.34. The summed E-state index contributed by atoms with van der Waals surface area (Å²) in [6.07, 6.45) is 2.18. The molecule has 0 saturated heterocycles. The molecule has 22 heavy (non-hydrogen) atoms. The minimum atomic E-state index is -3.56. The second-order valence-electron chi connectivity index (χ2n) is 4.96. The van der Waals surface area contributed by atoms with Crippen LogP contribution in [-0.4, -0.2) is 46.9 Å². The van der Waals surface area contributed by atoms with Crippen molar-refractivity contribution in [3.63, 3.8) is 0 Å². The van der Waals surface area contributed by atoms with Crippen molar-refractivity contribution >= 4 is 21.6 Å². The number of hydrogen-bond donors (Lipinski definition) is 1. The van der Waals surface area contributed by atoms with Crippen molar-refractivity contribution in [2.75, 3.05) is 30.8 Å². The van der Waals surface area contributed by atoms with Crippen molar-refractivity contribution in [1.82, 2.24) is 5.32 Å². The Labute approximate surface area is 132 Å². The van der Waals surface area contributed by atoms with Gasteiger partial charge in [-0.1, -0.05) is 25.1 Å². The summed E-state index contributed by atoms with van der Waals surface area (Å²) in [5.41, 5.74) is 0.490. The van der Waals surface area contributed by atoms with E-state index in [2.05, 4.69) is 5.32 Å². The van der Waals surface area contributed by atoms with E-state index in [1.54, 1.807) is 44.4 Å². The van der Waals surface area contributed by atoms with Crippen molar-refractivity contribution in [2.24, 2.45) is 0 Å². The van der Waals surface area contributed by atoms with Crippen LogP contribution in [0, 0.1) is 0 Å². The zero-order valence-electron chi connectivity index (χ0n) is 13.3. The van der Waals surface area contributed by atoms with Crippen LogP contribution in [0.5, 0.6) is 0 Å². The SMILES string of the molecule is CC[C@@H](C(=O)NCCCOC)N(c1ccccc1)S(C)(=O)=O. The van der Waals surface area contributed by atoms with Gasteiger partial charge in [0, 0.05) is 20.3 Å². The molecule has 1 amide bonds. The fourth-order valence-electron chi connectivity index (χ4n) is 2.18. The first kappa shape index (κ1) is 18.4. The van der Waals surface area contributed by atoms with Gasteiger partial charge in [0.2, 0.25) is 15.9 Å². The van der Waals surface area contributed by atoms with Gasteiger partial charge in [0.25, 0.3) is 0 Å². The number of carbonyl (C=O) groups excluding carboxylic acids is 1. The van der Waals surface area contributed by atoms with Gasteiger partial charge in [-0.15, -0.1) is 0 Å². The van der Waals surface area contributed by atoms with Crippen molar-refractivity contribution < 1.29 is 17.9 Å². The molecule has 0 radical (unpaired) electrons. The number of nitrogens with zero attached hydrogens (tertiary/aromatic N) is 1. The van der Waals surface area contributed by atoms with E-state index in [9.17, 15) is 13.2 Å². The smallest absolute Gasteiger partial charge is 0.243 e. The molecule has 0 aliphatic heterocycles. The van der Waals surface area contributed by atoms with Crippen LogP contribution >= 0.6 is 0 Å². The molecule has 0 bridgehead atoms. The second kappa shape index (κ2) is 8.75. The number of benzene rings is 1. The molecule has 0 aliphatic carbocycles. The maximum absolute atomic E-state index is 12.3. The summed E-state index contributed by atoms with van der Waals surface area (Å²) in [6, 6.07) is 7.90. The van der Waals surface area contributed by atoms with Gasteiger partial charge in [0.1, 0.15) is 6.04 Å². The first-order chi connectivity index (χ1) is 10.4. The number of carbonyl (C=O) groups is 1. The van der Waals surface area contributed by atoms with Crippen LogP contribution in [0.3, 0.4) is 0 Å². The lowest BCUT2D eigenvalue weighted by Gasteiger charge is -2.30. The van der Waals surface area contributed by atoms with E-state index in [1.807, 2.05) is 0 Å². The van der Waals surface area contributed by atoms with Crippen LogP contribution in [0.2, 0.25) is 0 Å². The number of ether oxygens (including phenoxy) is 1. The Morgan fingerprint density at radius 2 is 1.95 bits per heavy atom. The molecule has 0 aromatic heterocycles. The molecule has 0 aliphatic rings. The molecule has 1 aromatic rings. The second-order valence-corrected chi connectivity index (χ2v) is 6.82. The highest BCUT2D eigenvalue weighted by molar-refractivity contribution is 7.92. The van der Waals surface area contributed by atoms with Crippen LogP contribution in [0.1, 0.15) is 19.8 Å². The Morgan fingerprint density at radius 3 is 2.45 bits per heavy atom. The van der Waals surface area contributed by atoms with E-state index in [1.165, 1.54) is 4.31 Å². The largest absolute Gasteiger partial charge is 0.385 e. The highest BCUT2D eigenvalue weighted by Crippen LogP contribution is 2.21. The predicted octanol–water partition coefficient (Wildman–Crippen LogP) is 1.38. The Balaban J connectivity index is 2.93. The summed E-state index contributed by atoms with van der Waals surface area (Å²) in [5, 5.41) is 2.77. The van der Waals surface area contributed by atoms with E-state index in [4.69, 9.17) is 4.74 Å². The zero-order chi connectivity index (χ0) is 16.6. The van der Waals surface area contributed by atoms with Crippen LogP contribution in [0.4, 0.5) is 5.69 Å². The number of methoxy groups -OCH3 is 1. The van der Waals surface area contributed by atoms with Gasteiger partial charge in [0.05, 0.1) is 11.9 Å². The van der Waals surface area contributed by atoms with E-state index in [0.717, 1.165) is 6.26 Å². The third-order valence-electron chi connectivity index (χ3n) is 3.16. The first-order valence-electron chi connectivity index (χ1n) is 7.23. The summed E-state index contributed by atoms with van der Waals surface area (Å²) in [4.78, 5) is 12.3. The minimum absolute atomic E-state index is 0.298. The van der Waals surface area contributed by atoms with Crippen molar-refractivity contribution in [1.29, 1.82) is 0 Å². The third kappa shape index (κ3) is 5.31. The van der Waals surface area contributed by atoms with Crippen molar-refractivity contribution in [3.05, 3.63) is 30.3 Å². The first-order valence-corrected chi connectivity index (χ1v) is 9.07. The monoisotopic (exact) mass is 328 g/mol. The van der Waals surface area contributed by atoms with Crippen molar-refractivity contribution in [3.8, 4) is 0 Å². The van der Waals surface area contributed by atoms with Gasteiger partial charge in [-0.05, 0) is 25.0 Å². The zero-order valence-corrected chi connectivity index (χ0v) is 14.1. The summed E-state index contributed by atoms with van der Waals surface area (Å²) < 4.78 is 30.4. The van der Waals surface area contributed by atoms with E-state index >= 15 is 0 Å². The van der Waals surface area contributed by atoms with Crippen LogP contribution in [0.15, 0.2) is 30.3 Å². The lowest BCUT2D eigenvalue weighted by molar-refractivity contribution is -0.122. The van der Waals surface area contributed by atoms with Gasteiger partial charge < -0.3 is 10.1 Å². The standard InChI is InChI=1S/C15H24N2O4S/c1-4-14(15(18)16-11-8-12-21-2)17(22(3,19)20)13-9-6-5-7-10-13/h5-7,9-10,14H,4,8,11-12H2,1-3H3,(H,16,18)/t14-/m0/s1. The summed E-state index contributed by atoms with van der Waals surface area (Å²) in [7, 11) is -1.97. The molecule has 1 atom stereocenters. The Bertz CT molecular complexity index is 560. The molecule has 0 fully saturated rings. The highest BCUT2D eigenvalue weighted by atomic mass is 32.2. The molecule has 7 heteroatoms. The molecule has 1 N–H and O–H groups in total. The molecular formula is C15H24N2O4S. The highest BCUT2D eigenvalue weighted by Gasteiger charge is 2.30. The van der Waals surface area contributed by atoms with Gasteiger partial charge in [-0.25, -0.2) is 8.42 Å². The number of anilines is 1. The van der Waals surface area contributed by atoms with Crippen LogP contribution < -0.4 is 9.62 Å². The number of hydrogen-bond acceptors (Lipinski definition) is 4. The van der Waals surface area contributed by atoms with Crippen LogP contribution in [-0.2, 0) is 19.6 Å². The van der Waals surface area contributed by atoms with E-state index in [-0.39, 0.29) is 5.91 Å².